The molecule has 0 radical (unpaired) electrons. The zero-order valence-corrected chi connectivity index (χ0v) is 22.0. The zero-order chi connectivity index (χ0) is 26.0. The summed E-state index contributed by atoms with van der Waals surface area (Å²) in [6.45, 7) is 1.20. The second kappa shape index (κ2) is 10.6. The average Bonchev–Trinajstić information content (AvgIpc) is 3.31. The molecule has 37 heavy (non-hydrogen) atoms. The first-order valence-electron chi connectivity index (χ1n) is 11.6. The molecule has 0 amide bonds. The van der Waals surface area contributed by atoms with E-state index in [4.69, 9.17) is 9.15 Å². The number of halogens is 1. The minimum Gasteiger partial charge on any atom is -0.450 e. The van der Waals surface area contributed by atoms with E-state index in [0.29, 0.717) is 54.1 Å². The summed E-state index contributed by atoms with van der Waals surface area (Å²) in [5.41, 5.74) is 1.76. The van der Waals surface area contributed by atoms with Crippen LogP contribution in [0.5, 0.6) is 0 Å². The molecule has 2 heterocycles. The van der Waals surface area contributed by atoms with Crippen LogP contribution < -0.4 is 5.32 Å². The number of carbonyl (C=O) groups is 2. The van der Waals surface area contributed by atoms with Crippen LogP contribution in [-0.4, -0.2) is 57.1 Å². The van der Waals surface area contributed by atoms with Crippen LogP contribution in [0, 0.1) is 0 Å². The number of furan rings is 1. The van der Waals surface area contributed by atoms with Crippen molar-refractivity contribution < 1.29 is 27.2 Å². The maximum absolute atomic E-state index is 13.2. The number of hydrogen-bond acceptors (Lipinski definition) is 7. The van der Waals surface area contributed by atoms with E-state index >= 15 is 0 Å². The Kier molecular flexibility index (Phi) is 7.25. The summed E-state index contributed by atoms with van der Waals surface area (Å²) in [6.07, 6.45) is 0. The van der Waals surface area contributed by atoms with Gasteiger partial charge < -0.3 is 14.5 Å². The number of hydrogen-bond donors (Lipinski definition) is 1. The number of carbonyl (C=O) groups excluding carboxylic acids is 2. The Labute approximate surface area is 222 Å². The van der Waals surface area contributed by atoms with Crippen molar-refractivity contribution in [3.8, 4) is 0 Å². The molecule has 0 spiro atoms. The lowest BCUT2D eigenvalue weighted by atomic mass is 10.1. The van der Waals surface area contributed by atoms with E-state index in [1.807, 2.05) is 12.1 Å². The molecule has 1 fully saturated rings. The molecule has 1 aromatic heterocycles. The number of fused-ring (bicyclic) bond motifs is 1. The van der Waals surface area contributed by atoms with Gasteiger partial charge in [0.05, 0.1) is 30.3 Å². The third kappa shape index (κ3) is 5.24. The minimum atomic E-state index is -3.65. The topological polar surface area (TPSA) is 106 Å². The largest absolute Gasteiger partial charge is 0.450 e. The number of rotatable bonds is 8. The fraction of sp³-hybridized carbons (Fsp3) is 0.185. The van der Waals surface area contributed by atoms with Crippen LogP contribution in [0.3, 0.4) is 0 Å². The van der Waals surface area contributed by atoms with Crippen molar-refractivity contribution in [3.63, 3.8) is 0 Å². The van der Waals surface area contributed by atoms with Crippen LogP contribution in [0.4, 0.5) is 5.69 Å². The summed E-state index contributed by atoms with van der Waals surface area (Å²) in [4.78, 5) is 26.3. The van der Waals surface area contributed by atoms with Gasteiger partial charge in [0.2, 0.25) is 15.8 Å². The first kappa shape index (κ1) is 25.3. The monoisotopic (exact) mass is 582 g/mol. The molecule has 1 N–H and O–H groups in total. The first-order chi connectivity index (χ1) is 17.8. The van der Waals surface area contributed by atoms with Gasteiger partial charge in [-0.25, -0.2) is 8.42 Å². The van der Waals surface area contributed by atoms with Gasteiger partial charge in [0.15, 0.2) is 11.5 Å². The molecule has 8 nitrogen and oxygen atoms in total. The van der Waals surface area contributed by atoms with Crippen molar-refractivity contribution >= 4 is 54.2 Å². The summed E-state index contributed by atoms with van der Waals surface area (Å²) >= 11 is 3.37. The van der Waals surface area contributed by atoms with Gasteiger partial charge in [-0.1, -0.05) is 28.1 Å². The van der Waals surface area contributed by atoms with Gasteiger partial charge in [-0.2, -0.15) is 4.31 Å². The molecule has 0 bridgehead atoms. The molecule has 190 valence electrons. The Balaban J connectivity index is 1.35. The van der Waals surface area contributed by atoms with E-state index < -0.39 is 10.0 Å². The highest BCUT2D eigenvalue weighted by Gasteiger charge is 2.27. The second-order valence-corrected chi connectivity index (χ2v) is 11.3. The molecule has 0 aliphatic carbocycles. The highest BCUT2D eigenvalue weighted by atomic mass is 79.9. The lowest BCUT2D eigenvalue weighted by Crippen LogP contribution is -2.40. The van der Waals surface area contributed by atoms with Crippen molar-refractivity contribution in [2.24, 2.45) is 0 Å². The van der Waals surface area contributed by atoms with Gasteiger partial charge in [-0.15, -0.1) is 0 Å². The Hall–Kier alpha value is -3.31. The number of Topliss-reactive ketones (excluding diaryl/α,β-unsaturated/α-hetero) is 1. The molecule has 0 unspecified atom stereocenters. The fourth-order valence-corrected chi connectivity index (χ4v) is 5.81. The van der Waals surface area contributed by atoms with Crippen LogP contribution in [0.1, 0.15) is 26.5 Å². The third-order valence-corrected chi connectivity index (χ3v) is 8.56. The lowest BCUT2D eigenvalue weighted by Gasteiger charge is -2.26. The summed E-state index contributed by atoms with van der Waals surface area (Å²) in [5.74, 6) is -0.456. The van der Waals surface area contributed by atoms with Gasteiger partial charge in [0.1, 0.15) is 5.58 Å². The van der Waals surface area contributed by atoms with Crippen LogP contribution in [0.2, 0.25) is 0 Å². The number of sulfonamides is 1. The predicted octanol–water partition coefficient (Wildman–Crippen LogP) is 4.74. The van der Waals surface area contributed by atoms with Crippen LogP contribution in [0.25, 0.3) is 11.0 Å². The zero-order valence-electron chi connectivity index (χ0n) is 19.6. The Morgan fingerprint density at radius 1 is 0.892 bits per heavy atom. The predicted molar refractivity (Wildman–Crippen MR) is 143 cm³/mol. The third-order valence-electron chi connectivity index (χ3n) is 6.12. The highest BCUT2D eigenvalue weighted by molar-refractivity contribution is 9.10. The summed E-state index contributed by atoms with van der Waals surface area (Å²) in [5, 5.41) is 3.76. The number of nitrogens with one attached hydrogen (secondary N) is 1. The molecule has 3 aromatic carbocycles. The Morgan fingerprint density at radius 2 is 1.54 bits per heavy atom. The van der Waals surface area contributed by atoms with E-state index in [2.05, 4.69) is 21.2 Å². The normalized spacial score (nSPS) is 14.5. The standard InChI is InChI=1S/C27H23BrN2O6S/c28-20-9-5-19(6-10-20)26(32)27-25(22-3-1-2-4-24(22)36-27)29-17-23(31)18-7-11-21(12-8-18)37(33,34)30-13-15-35-16-14-30/h1-12,29H,13-17H2. The van der Waals surface area contributed by atoms with E-state index in [0.717, 1.165) is 4.47 Å². The van der Waals surface area contributed by atoms with Gasteiger partial charge >= 0.3 is 0 Å². The molecule has 0 saturated carbocycles. The Bertz CT molecular complexity index is 1560. The number of anilines is 1. The molecule has 1 saturated heterocycles. The minimum absolute atomic E-state index is 0.111. The number of ketones is 2. The van der Waals surface area contributed by atoms with Crippen LogP contribution in [-0.2, 0) is 14.8 Å². The quantitative estimate of drug-likeness (QED) is 0.299. The summed E-state index contributed by atoms with van der Waals surface area (Å²) in [7, 11) is -3.65. The molecular weight excluding hydrogens is 560 g/mol. The van der Waals surface area contributed by atoms with E-state index in [1.165, 1.54) is 28.6 Å². The number of morpholine rings is 1. The maximum Gasteiger partial charge on any atom is 0.243 e. The lowest BCUT2D eigenvalue weighted by molar-refractivity contribution is 0.0730. The summed E-state index contributed by atoms with van der Waals surface area (Å²) < 4.78 is 39.0. The number of benzene rings is 3. The average molecular weight is 583 g/mol. The maximum atomic E-state index is 13.2. The Morgan fingerprint density at radius 3 is 2.24 bits per heavy atom. The highest BCUT2D eigenvalue weighted by Crippen LogP contribution is 2.32. The van der Waals surface area contributed by atoms with Crippen molar-refractivity contribution in [2.75, 3.05) is 38.2 Å². The number of ether oxygens (including phenoxy) is 1. The SMILES string of the molecule is O=C(CNc1c(C(=O)c2ccc(Br)cc2)oc2ccccc12)c1ccc(S(=O)(=O)N2CCOCC2)cc1. The molecule has 0 atom stereocenters. The van der Waals surface area contributed by atoms with E-state index in [9.17, 15) is 18.0 Å². The molecule has 4 aromatic rings. The van der Waals surface area contributed by atoms with Gasteiger partial charge in [0, 0.05) is 34.1 Å². The van der Waals surface area contributed by atoms with Gasteiger partial charge in [-0.05, 0) is 60.7 Å². The molecule has 1 aliphatic rings. The summed E-state index contributed by atoms with van der Waals surface area (Å²) in [6, 6.07) is 20.0. The smallest absolute Gasteiger partial charge is 0.243 e. The number of nitrogens with zero attached hydrogens (tertiary/aromatic N) is 1. The molecule has 5 rings (SSSR count). The van der Waals surface area contributed by atoms with Crippen LogP contribution >= 0.6 is 15.9 Å². The van der Waals surface area contributed by atoms with E-state index in [1.54, 1.807) is 36.4 Å². The molecule has 1 aliphatic heterocycles. The second-order valence-electron chi connectivity index (χ2n) is 8.46. The van der Waals surface area contributed by atoms with Crippen molar-refractivity contribution in [1.29, 1.82) is 0 Å². The molecule has 10 heteroatoms. The van der Waals surface area contributed by atoms with Crippen molar-refractivity contribution in [3.05, 3.63) is 94.2 Å². The van der Waals surface area contributed by atoms with E-state index in [-0.39, 0.29) is 28.8 Å². The first-order valence-corrected chi connectivity index (χ1v) is 13.8. The van der Waals surface area contributed by atoms with Crippen molar-refractivity contribution in [1.82, 2.24) is 4.31 Å². The van der Waals surface area contributed by atoms with Gasteiger partial charge in [0.25, 0.3) is 0 Å². The fourth-order valence-electron chi connectivity index (χ4n) is 4.13. The van der Waals surface area contributed by atoms with Crippen molar-refractivity contribution in [2.45, 2.75) is 4.90 Å². The number of para-hydroxylation sites is 1. The molecular formula is C27H23BrN2O6S. The van der Waals surface area contributed by atoms with Gasteiger partial charge in [-0.3, -0.25) is 9.59 Å². The van der Waals surface area contributed by atoms with Crippen LogP contribution in [0.15, 0.2) is 86.6 Å².